The van der Waals surface area contributed by atoms with Gasteiger partial charge < -0.3 is 10.6 Å². The SMILES string of the molecule is CC(C)(C)C1=CC(C2C=C(C(C)(C)C)C=CN2)NC=C1. The summed E-state index contributed by atoms with van der Waals surface area (Å²) >= 11 is 0. The van der Waals surface area contributed by atoms with E-state index >= 15 is 0 Å². The molecule has 0 bridgehead atoms. The van der Waals surface area contributed by atoms with Crippen LogP contribution >= 0.6 is 0 Å². The molecule has 2 aliphatic rings. The van der Waals surface area contributed by atoms with Crippen LogP contribution in [0.5, 0.6) is 0 Å². The van der Waals surface area contributed by atoms with E-state index in [9.17, 15) is 0 Å². The van der Waals surface area contributed by atoms with E-state index in [0.29, 0.717) is 12.1 Å². The van der Waals surface area contributed by atoms with Crippen molar-refractivity contribution < 1.29 is 0 Å². The maximum absolute atomic E-state index is 3.46. The Morgan fingerprint density at radius 3 is 1.35 bits per heavy atom. The molecule has 0 aromatic heterocycles. The van der Waals surface area contributed by atoms with Gasteiger partial charge in [0.05, 0.1) is 12.1 Å². The highest BCUT2D eigenvalue weighted by Crippen LogP contribution is 2.31. The molecule has 0 saturated carbocycles. The molecule has 0 aliphatic carbocycles. The Morgan fingerprint density at radius 2 is 1.05 bits per heavy atom. The molecule has 0 saturated heterocycles. The molecule has 0 fully saturated rings. The van der Waals surface area contributed by atoms with Gasteiger partial charge >= 0.3 is 0 Å². The van der Waals surface area contributed by atoms with E-state index in [-0.39, 0.29) is 10.8 Å². The van der Waals surface area contributed by atoms with Gasteiger partial charge in [-0.3, -0.25) is 0 Å². The highest BCUT2D eigenvalue weighted by Gasteiger charge is 2.26. The van der Waals surface area contributed by atoms with Gasteiger partial charge in [-0.2, -0.15) is 0 Å². The third-order valence-corrected chi connectivity index (χ3v) is 3.94. The zero-order chi connectivity index (χ0) is 15.0. The molecule has 0 aromatic rings. The molecule has 2 heterocycles. The zero-order valence-corrected chi connectivity index (χ0v) is 13.6. The van der Waals surface area contributed by atoms with Crippen LogP contribution < -0.4 is 10.6 Å². The summed E-state index contributed by atoms with van der Waals surface area (Å²) in [7, 11) is 0. The van der Waals surface area contributed by atoms with Crippen LogP contribution in [-0.4, -0.2) is 12.1 Å². The van der Waals surface area contributed by atoms with Gasteiger partial charge in [0, 0.05) is 0 Å². The van der Waals surface area contributed by atoms with Crippen molar-refractivity contribution in [1.29, 1.82) is 0 Å². The van der Waals surface area contributed by atoms with Crippen LogP contribution in [0.3, 0.4) is 0 Å². The Morgan fingerprint density at radius 1 is 0.700 bits per heavy atom. The van der Waals surface area contributed by atoms with Crippen LogP contribution in [0, 0.1) is 10.8 Å². The van der Waals surface area contributed by atoms with Gasteiger partial charge in [0.2, 0.25) is 0 Å². The van der Waals surface area contributed by atoms with Crippen molar-refractivity contribution in [2.24, 2.45) is 10.8 Å². The summed E-state index contributed by atoms with van der Waals surface area (Å²) in [5, 5.41) is 6.93. The van der Waals surface area contributed by atoms with E-state index < -0.39 is 0 Å². The summed E-state index contributed by atoms with van der Waals surface area (Å²) in [6.45, 7) is 13.6. The van der Waals surface area contributed by atoms with E-state index in [2.05, 4.69) is 88.9 Å². The second-order valence-corrected chi connectivity index (χ2v) is 7.80. The van der Waals surface area contributed by atoms with Crippen molar-refractivity contribution in [3.8, 4) is 0 Å². The molecule has 2 unspecified atom stereocenters. The second-order valence-electron chi connectivity index (χ2n) is 7.80. The molecule has 2 aliphatic heterocycles. The molecule has 20 heavy (non-hydrogen) atoms. The van der Waals surface area contributed by atoms with E-state index in [4.69, 9.17) is 0 Å². The van der Waals surface area contributed by atoms with Crippen molar-refractivity contribution >= 4 is 0 Å². The van der Waals surface area contributed by atoms with Crippen molar-refractivity contribution in [2.45, 2.75) is 53.6 Å². The fourth-order valence-corrected chi connectivity index (χ4v) is 2.51. The Kier molecular flexibility index (Phi) is 3.86. The predicted octanol–water partition coefficient (Wildman–Crippen LogP) is 3.90. The first-order valence-corrected chi connectivity index (χ1v) is 7.48. The normalized spacial score (nSPS) is 26.5. The van der Waals surface area contributed by atoms with Gasteiger partial charge in [-0.1, -0.05) is 53.7 Å². The van der Waals surface area contributed by atoms with E-state index in [1.54, 1.807) is 0 Å². The summed E-state index contributed by atoms with van der Waals surface area (Å²) in [4.78, 5) is 0. The van der Waals surface area contributed by atoms with Gasteiger partial charge in [0.1, 0.15) is 0 Å². The van der Waals surface area contributed by atoms with Crippen LogP contribution in [0.2, 0.25) is 0 Å². The zero-order valence-electron chi connectivity index (χ0n) is 13.6. The lowest BCUT2D eigenvalue weighted by Crippen LogP contribution is -2.45. The molecular weight excluding hydrogens is 244 g/mol. The van der Waals surface area contributed by atoms with Crippen molar-refractivity contribution in [1.82, 2.24) is 10.6 Å². The number of nitrogens with one attached hydrogen (secondary N) is 2. The molecule has 2 N–H and O–H groups in total. The Hall–Kier alpha value is -1.44. The fourth-order valence-electron chi connectivity index (χ4n) is 2.51. The van der Waals surface area contributed by atoms with Gasteiger partial charge in [0.25, 0.3) is 0 Å². The van der Waals surface area contributed by atoms with Crippen molar-refractivity contribution in [3.63, 3.8) is 0 Å². The fraction of sp³-hybridized carbons (Fsp3) is 0.556. The summed E-state index contributed by atoms with van der Waals surface area (Å²) in [6.07, 6.45) is 13.2. The summed E-state index contributed by atoms with van der Waals surface area (Å²) in [5.74, 6) is 0. The minimum absolute atomic E-state index is 0.192. The van der Waals surface area contributed by atoms with Gasteiger partial charge in [-0.25, -0.2) is 0 Å². The molecule has 2 atom stereocenters. The molecule has 2 nitrogen and oxygen atoms in total. The largest absolute Gasteiger partial charge is 0.382 e. The van der Waals surface area contributed by atoms with Gasteiger partial charge in [0.15, 0.2) is 0 Å². The monoisotopic (exact) mass is 272 g/mol. The number of dihydropyridines is 2. The smallest absolute Gasteiger partial charge is 0.0682 e. The topological polar surface area (TPSA) is 24.1 Å². The number of hydrogen-bond donors (Lipinski definition) is 2. The average molecular weight is 272 g/mol. The second kappa shape index (κ2) is 5.16. The van der Waals surface area contributed by atoms with Gasteiger partial charge in [-0.15, -0.1) is 0 Å². The number of hydrogen-bond acceptors (Lipinski definition) is 2. The van der Waals surface area contributed by atoms with Crippen molar-refractivity contribution in [2.75, 3.05) is 0 Å². The quantitative estimate of drug-likeness (QED) is 0.756. The van der Waals surface area contributed by atoms with E-state index in [0.717, 1.165) is 0 Å². The van der Waals surface area contributed by atoms with Gasteiger partial charge in [-0.05, 0) is 46.5 Å². The molecule has 2 rings (SSSR count). The summed E-state index contributed by atoms with van der Waals surface area (Å²) in [5.41, 5.74) is 3.17. The van der Waals surface area contributed by atoms with Crippen LogP contribution in [0.1, 0.15) is 41.5 Å². The lowest BCUT2D eigenvalue weighted by atomic mass is 9.81. The molecule has 110 valence electrons. The molecule has 0 aromatic carbocycles. The number of allylic oxidation sites excluding steroid dienone is 4. The average Bonchev–Trinajstić information content (AvgIpc) is 2.37. The Balaban J connectivity index is 2.21. The molecule has 0 spiro atoms. The molecule has 0 amide bonds. The predicted molar refractivity (Wildman–Crippen MR) is 87.2 cm³/mol. The van der Waals surface area contributed by atoms with Crippen molar-refractivity contribution in [3.05, 3.63) is 47.9 Å². The first-order chi connectivity index (χ1) is 9.18. The first kappa shape index (κ1) is 15.0. The van der Waals surface area contributed by atoms with E-state index in [1.807, 2.05) is 0 Å². The Labute approximate surface area is 123 Å². The van der Waals surface area contributed by atoms with Crippen LogP contribution in [0.4, 0.5) is 0 Å². The van der Waals surface area contributed by atoms with E-state index in [1.165, 1.54) is 11.1 Å². The number of rotatable bonds is 1. The highest BCUT2D eigenvalue weighted by atomic mass is 15.0. The molecule has 0 radical (unpaired) electrons. The van der Waals surface area contributed by atoms with Crippen LogP contribution in [0.15, 0.2) is 47.9 Å². The lowest BCUT2D eigenvalue weighted by Gasteiger charge is -2.33. The Bertz CT molecular complexity index is 433. The third-order valence-electron chi connectivity index (χ3n) is 3.94. The maximum Gasteiger partial charge on any atom is 0.0682 e. The van der Waals surface area contributed by atoms with Crippen LogP contribution in [-0.2, 0) is 0 Å². The summed E-state index contributed by atoms with van der Waals surface area (Å²) < 4.78 is 0. The third kappa shape index (κ3) is 3.36. The lowest BCUT2D eigenvalue weighted by molar-refractivity contribution is 0.474. The minimum atomic E-state index is 0.192. The molecular formula is C18H28N2. The van der Waals surface area contributed by atoms with Crippen LogP contribution in [0.25, 0.3) is 0 Å². The summed E-state index contributed by atoms with van der Waals surface area (Å²) in [6, 6.07) is 0.605. The highest BCUT2D eigenvalue weighted by molar-refractivity contribution is 5.36. The minimum Gasteiger partial charge on any atom is -0.382 e. The molecule has 2 heteroatoms. The first-order valence-electron chi connectivity index (χ1n) is 7.48. The standard InChI is InChI=1S/C18H28N2/c1-17(2,3)13-7-9-19-15(11-13)16-12-14(8-10-20-16)18(4,5)6/h7-12,15-16,19-20H,1-6H3. The maximum atomic E-state index is 3.46.